The first-order chi connectivity index (χ1) is 10.1. The molecule has 1 heterocycles. The van der Waals surface area contributed by atoms with Gasteiger partial charge in [-0.1, -0.05) is 33.6 Å². The van der Waals surface area contributed by atoms with Crippen molar-refractivity contribution in [2.75, 3.05) is 6.54 Å². The fraction of sp³-hybridized carbons (Fsp3) is 0.706. The van der Waals surface area contributed by atoms with Gasteiger partial charge in [0, 0.05) is 24.5 Å². The molecule has 1 rings (SSSR count). The van der Waals surface area contributed by atoms with E-state index in [-0.39, 0.29) is 11.9 Å². The maximum absolute atomic E-state index is 12.0. The lowest BCUT2D eigenvalue weighted by molar-refractivity contribution is -0.122. The molecule has 0 saturated carbocycles. The van der Waals surface area contributed by atoms with Crippen LogP contribution in [0.2, 0.25) is 0 Å². The molecule has 0 fully saturated rings. The lowest BCUT2D eigenvalue weighted by Gasteiger charge is -2.16. The van der Waals surface area contributed by atoms with Gasteiger partial charge < -0.3 is 15.2 Å². The summed E-state index contributed by atoms with van der Waals surface area (Å²) in [6, 6.07) is 2.77. The second-order valence-electron chi connectivity index (χ2n) is 5.77. The number of nitrogens with one attached hydrogen (secondary N) is 2. The van der Waals surface area contributed by atoms with E-state index in [0.29, 0.717) is 12.6 Å². The summed E-state index contributed by atoms with van der Waals surface area (Å²) in [5, 5.41) is 6.54. The zero-order valence-corrected chi connectivity index (χ0v) is 14.0. The molecule has 2 atom stereocenters. The number of hydrogen-bond acceptors (Lipinski definition) is 2. The third-order valence-electron chi connectivity index (χ3n) is 3.66. The Bertz CT molecular complexity index is 408. The third-order valence-corrected chi connectivity index (χ3v) is 3.66. The molecular formula is C17H31N3O. The van der Waals surface area contributed by atoms with Gasteiger partial charge in [-0.2, -0.15) is 0 Å². The highest BCUT2D eigenvalue weighted by Gasteiger charge is 2.12. The Hall–Kier alpha value is -1.29. The second-order valence-corrected chi connectivity index (χ2v) is 5.77. The molecule has 4 nitrogen and oxygen atoms in total. The van der Waals surface area contributed by atoms with E-state index in [1.807, 2.05) is 10.8 Å². The predicted molar refractivity (Wildman–Crippen MR) is 88.3 cm³/mol. The fourth-order valence-electron chi connectivity index (χ4n) is 2.68. The van der Waals surface area contributed by atoms with Crippen LogP contribution in [-0.2, 0) is 11.3 Å². The molecule has 4 heteroatoms. The van der Waals surface area contributed by atoms with E-state index in [1.165, 1.54) is 5.56 Å². The van der Waals surface area contributed by atoms with Gasteiger partial charge >= 0.3 is 0 Å². The van der Waals surface area contributed by atoms with Gasteiger partial charge in [0.15, 0.2) is 0 Å². The lowest BCUT2D eigenvalue weighted by atomic mass is 10.1. The molecule has 0 saturated heterocycles. The van der Waals surface area contributed by atoms with Gasteiger partial charge in [-0.3, -0.25) is 4.79 Å². The first kappa shape index (κ1) is 17.8. The smallest absolute Gasteiger partial charge is 0.240 e. The highest BCUT2D eigenvalue weighted by molar-refractivity contribution is 5.76. The summed E-state index contributed by atoms with van der Waals surface area (Å²) in [5.41, 5.74) is 1.27. The molecule has 0 bridgehead atoms. The van der Waals surface area contributed by atoms with Crippen LogP contribution in [0.1, 0.15) is 65.0 Å². The summed E-state index contributed by atoms with van der Waals surface area (Å²) in [6.45, 7) is 9.89. The summed E-state index contributed by atoms with van der Waals surface area (Å²) < 4.78 is 1.98. The Morgan fingerprint density at radius 2 is 1.95 bits per heavy atom. The molecule has 0 radical (unpaired) electrons. The molecule has 1 aromatic rings. The SMILES string of the molecule is CCCC(C)NC(=O)Cn1ccc(C(CCC)NCC)c1. The number of rotatable bonds is 10. The zero-order valence-electron chi connectivity index (χ0n) is 14.0. The van der Waals surface area contributed by atoms with Crippen LogP contribution >= 0.6 is 0 Å². The van der Waals surface area contributed by atoms with Crippen molar-refractivity contribution in [3.8, 4) is 0 Å². The molecule has 0 aromatic carbocycles. The molecule has 0 spiro atoms. The minimum absolute atomic E-state index is 0.0913. The first-order valence-corrected chi connectivity index (χ1v) is 8.29. The molecular weight excluding hydrogens is 262 g/mol. The zero-order chi connectivity index (χ0) is 15.7. The average Bonchev–Trinajstić information content (AvgIpc) is 2.86. The lowest BCUT2D eigenvalue weighted by Crippen LogP contribution is -2.34. The quantitative estimate of drug-likeness (QED) is 0.695. The minimum Gasteiger partial charge on any atom is -0.352 e. The van der Waals surface area contributed by atoms with Gasteiger partial charge in [0.25, 0.3) is 0 Å². The number of carbonyl (C=O) groups is 1. The monoisotopic (exact) mass is 293 g/mol. The van der Waals surface area contributed by atoms with Gasteiger partial charge in [0.1, 0.15) is 6.54 Å². The summed E-state index contributed by atoms with van der Waals surface area (Å²) in [4.78, 5) is 12.0. The van der Waals surface area contributed by atoms with E-state index in [2.05, 4.69) is 50.6 Å². The highest BCUT2D eigenvalue weighted by atomic mass is 16.2. The molecule has 0 aliphatic carbocycles. The Morgan fingerprint density at radius 1 is 1.24 bits per heavy atom. The van der Waals surface area contributed by atoms with Crippen molar-refractivity contribution in [1.82, 2.24) is 15.2 Å². The van der Waals surface area contributed by atoms with Crippen LogP contribution < -0.4 is 10.6 Å². The van der Waals surface area contributed by atoms with Crippen LogP contribution in [0.5, 0.6) is 0 Å². The second kappa shape index (κ2) is 9.61. The first-order valence-electron chi connectivity index (χ1n) is 8.29. The predicted octanol–water partition coefficient (Wildman–Crippen LogP) is 3.24. The standard InChI is InChI=1S/C17H31N3O/c1-5-8-14(4)19-17(21)13-20-11-10-15(12-20)16(9-6-2)18-7-3/h10-12,14,16,18H,5-9,13H2,1-4H3,(H,19,21). The number of hydrogen-bond donors (Lipinski definition) is 2. The Kier molecular flexibility index (Phi) is 8.13. The van der Waals surface area contributed by atoms with E-state index in [4.69, 9.17) is 0 Å². The minimum atomic E-state index is 0.0913. The molecule has 1 amide bonds. The van der Waals surface area contributed by atoms with Crippen molar-refractivity contribution in [2.24, 2.45) is 0 Å². The van der Waals surface area contributed by atoms with Crippen molar-refractivity contribution in [2.45, 2.75) is 72.0 Å². The summed E-state index contributed by atoms with van der Waals surface area (Å²) in [7, 11) is 0. The van der Waals surface area contributed by atoms with E-state index in [0.717, 1.165) is 32.2 Å². The molecule has 1 aromatic heterocycles. The van der Waals surface area contributed by atoms with Crippen molar-refractivity contribution in [3.63, 3.8) is 0 Å². The van der Waals surface area contributed by atoms with E-state index in [9.17, 15) is 4.79 Å². The van der Waals surface area contributed by atoms with Crippen molar-refractivity contribution >= 4 is 5.91 Å². The molecule has 2 unspecified atom stereocenters. The Labute approximate surface area is 129 Å². The molecule has 120 valence electrons. The normalized spacial score (nSPS) is 13.9. The molecule has 2 N–H and O–H groups in total. The number of aromatic nitrogens is 1. The van der Waals surface area contributed by atoms with E-state index in [1.54, 1.807) is 0 Å². The van der Waals surface area contributed by atoms with Crippen molar-refractivity contribution < 1.29 is 4.79 Å². The molecule has 0 aliphatic rings. The number of nitrogens with zero attached hydrogens (tertiary/aromatic N) is 1. The van der Waals surface area contributed by atoms with Crippen LogP contribution in [0, 0.1) is 0 Å². The number of amides is 1. The fourth-order valence-corrected chi connectivity index (χ4v) is 2.68. The van der Waals surface area contributed by atoms with Crippen molar-refractivity contribution in [1.29, 1.82) is 0 Å². The van der Waals surface area contributed by atoms with Gasteiger partial charge in [0.05, 0.1) is 0 Å². The van der Waals surface area contributed by atoms with Crippen LogP contribution in [0.3, 0.4) is 0 Å². The Balaban J connectivity index is 2.55. The van der Waals surface area contributed by atoms with Gasteiger partial charge in [-0.05, 0) is 37.9 Å². The highest BCUT2D eigenvalue weighted by Crippen LogP contribution is 2.18. The van der Waals surface area contributed by atoms with Crippen molar-refractivity contribution in [3.05, 3.63) is 24.0 Å². The van der Waals surface area contributed by atoms with Crippen LogP contribution in [0.15, 0.2) is 18.5 Å². The largest absolute Gasteiger partial charge is 0.352 e. The topological polar surface area (TPSA) is 46.1 Å². The maximum Gasteiger partial charge on any atom is 0.240 e. The van der Waals surface area contributed by atoms with E-state index >= 15 is 0 Å². The van der Waals surface area contributed by atoms with Crippen LogP contribution in [0.4, 0.5) is 0 Å². The third kappa shape index (κ3) is 6.34. The van der Waals surface area contributed by atoms with E-state index < -0.39 is 0 Å². The average molecular weight is 293 g/mol. The summed E-state index contributed by atoms with van der Waals surface area (Å²) in [6.07, 6.45) is 8.49. The summed E-state index contributed by atoms with van der Waals surface area (Å²) >= 11 is 0. The molecule has 21 heavy (non-hydrogen) atoms. The van der Waals surface area contributed by atoms with Crippen LogP contribution in [0.25, 0.3) is 0 Å². The summed E-state index contributed by atoms with van der Waals surface area (Å²) in [5.74, 6) is 0.0913. The molecule has 0 aliphatic heterocycles. The van der Waals surface area contributed by atoms with Gasteiger partial charge in [-0.25, -0.2) is 0 Å². The van der Waals surface area contributed by atoms with Crippen LogP contribution in [-0.4, -0.2) is 23.1 Å². The number of carbonyl (C=O) groups excluding carboxylic acids is 1. The Morgan fingerprint density at radius 3 is 2.57 bits per heavy atom. The van der Waals surface area contributed by atoms with Gasteiger partial charge in [-0.15, -0.1) is 0 Å². The van der Waals surface area contributed by atoms with Gasteiger partial charge in [0.2, 0.25) is 5.91 Å². The maximum atomic E-state index is 12.0.